The molecule has 12 nitrogen and oxygen atoms in total. The van der Waals surface area contributed by atoms with E-state index in [-0.39, 0.29) is 154 Å². The molecule has 17 heteroatoms. The second-order valence-corrected chi connectivity index (χ2v) is 3.08. The van der Waals surface area contributed by atoms with Gasteiger partial charge in [0, 0.05) is 0 Å². The Bertz CT molecular complexity index is 332. The van der Waals surface area contributed by atoms with Crippen LogP contribution in [0.5, 0.6) is 0 Å². The predicted molar refractivity (Wildman–Crippen MR) is 31.9 cm³/mol. The van der Waals surface area contributed by atoms with Gasteiger partial charge in [0.05, 0.1) is 5.09 Å². The molecule has 0 aromatic carbocycles. The van der Waals surface area contributed by atoms with Crippen molar-refractivity contribution in [1.29, 1.82) is 0 Å². The molecule has 0 aromatic rings. The first kappa shape index (κ1) is 32.7. The van der Waals surface area contributed by atoms with E-state index >= 15 is 0 Å². The Balaban J connectivity index is -0.0000000607. The van der Waals surface area contributed by atoms with Crippen LogP contribution in [0, 0.1) is 15.3 Å². The minimum absolute atomic E-state index is 0. The SMILES string of the molecule is O=S(=O)([O-])OOS(=O)(=O)[O-].O=[N+]([O-])[O-].[K+].[K+].[K+]. The molecule has 0 atom stereocenters. The van der Waals surface area contributed by atoms with Gasteiger partial charge in [0.15, 0.2) is 0 Å². The summed E-state index contributed by atoms with van der Waals surface area (Å²) in [6, 6.07) is 0. The van der Waals surface area contributed by atoms with Crippen molar-refractivity contribution in [3.63, 3.8) is 0 Å². The largest absolute Gasteiger partial charge is 1.00 e. The van der Waals surface area contributed by atoms with E-state index in [2.05, 4.69) is 8.67 Å². The quantitative estimate of drug-likeness (QED) is 0.114. The van der Waals surface area contributed by atoms with Crippen LogP contribution in [-0.4, -0.2) is 31.0 Å². The maximum atomic E-state index is 9.37. The molecule has 0 aliphatic heterocycles. The van der Waals surface area contributed by atoms with Crippen molar-refractivity contribution in [2.45, 2.75) is 0 Å². The number of hydrogen-bond acceptors (Lipinski definition) is 11. The number of hydrogen-bond donors (Lipinski definition) is 0. The Morgan fingerprint density at radius 2 is 0.882 bits per heavy atom. The average molecular weight is 371 g/mol. The van der Waals surface area contributed by atoms with E-state index in [1.165, 1.54) is 0 Å². The molecule has 0 radical (unpaired) electrons. The van der Waals surface area contributed by atoms with Gasteiger partial charge in [0.1, 0.15) is 0 Å². The predicted octanol–water partition coefficient (Wildman–Crippen LogP) is -11.4. The molecule has 0 spiro atoms. The molecule has 86 valence electrons. The van der Waals surface area contributed by atoms with Crippen LogP contribution in [0.2, 0.25) is 0 Å². The zero-order valence-electron chi connectivity index (χ0n) is 8.75. The minimum Gasteiger partial charge on any atom is -0.724 e. The molecule has 0 aliphatic rings. The van der Waals surface area contributed by atoms with Crippen LogP contribution in [0.25, 0.3) is 0 Å². The summed E-state index contributed by atoms with van der Waals surface area (Å²) in [5, 5.41) is 14.8. The number of nitrogens with zero attached hydrogens (tertiary/aromatic N) is 1. The van der Waals surface area contributed by atoms with Crippen molar-refractivity contribution < 1.29 is 194 Å². The Hall–Kier alpha value is 3.85. The van der Waals surface area contributed by atoms with Gasteiger partial charge in [-0.3, -0.25) is 0 Å². The second kappa shape index (κ2) is 16.2. The topological polar surface area (TPSA) is 199 Å². The summed E-state index contributed by atoms with van der Waals surface area (Å²) in [6.07, 6.45) is 0. The normalized spacial score (nSPS) is 9.29. The fourth-order valence-corrected chi connectivity index (χ4v) is 0.612. The summed E-state index contributed by atoms with van der Waals surface area (Å²) in [6.45, 7) is 0. The maximum Gasteiger partial charge on any atom is 1.00 e. The third kappa shape index (κ3) is 53.7. The van der Waals surface area contributed by atoms with Crippen molar-refractivity contribution in [3.8, 4) is 0 Å². The summed E-state index contributed by atoms with van der Waals surface area (Å²) in [4.78, 5) is 8.25. The van der Waals surface area contributed by atoms with Gasteiger partial charge in [0.25, 0.3) is 0 Å². The third-order valence-electron chi connectivity index (χ3n) is 0.194. The van der Waals surface area contributed by atoms with Gasteiger partial charge in [-0.15, -0.1) is 8.67 Å². The van der Waals surface area contributed by atoms with E-state index in [0.717, 1.165) is 0 Å². The van der Waals surface area contributed by atoms with Crippen LogP contribution in [0.4, 0.5) is 0 Å². The Labute approximate surface area is 223 Å². The van der Waals surface area contributed by atoms with Crippen LogP contribution in [-0.2, 0) is 29.5 Å². The standard InChI is InChI=1S/3K.NO3.H2O8S2/c;;;2-1(3)4;1-9(2,3)7-8-10(4,5)6/h;;;;(H,1,2,3)(H,4,5,6)/q3*+1;-1;/p-2. The first-order valence-electron chi connectivity index (χ1n) is 2.05. The van der Waals surface area contributed by atoms with Gasteiger partial charge in [-0.25, -0.2) is 16.8 Å². The van der Waals surface area contributed by atoms with Crippen LogP contribution in [0.15, 0.2) is 0 Å². The maximum absolute atomic E-state index is 9.37. The Kier molecular flexibility index (Phi) is 31.2. The molecule has 0 bridgehead atoms. The zero-order chi connectivity index (χ0) is 12.0. The number of rotatable bonds is 3. The molecule has 0 unspecified atom stereocenters. The monoisotopic (exact) mass is 371 g/mol. The molecule has 0 saturated heterocycles. The van der Waals surface area contributed by atoms with Gasteiger partial charge >= 0.3 is 154 Å². The summed E-state index contributed by atoms with van der Waals surface area (Å²) < 4.78 is 61.5. The smallest absolute Gasteiger partial charge is 0.724 e. The second-order valence-electron chi connectivity index (χ2n) is 1.18. The van der Waals surface area contributed by atoms with E-state index in [0.29, 0.717) is 0 Å². The summed E-state index contributed by atoms with van der Waals surface area (Å²) in [5.41, 5.74) is 0. The molecular formula is K3NO11S2. The average Bonchev–Trinajstić information content (AvgIpc) is 1.79. The van der Waals surface area contributed by atoms with Crippen LogP contribution < -0.4 is 154 Å². The molecule has 17 heavy (non-hydrogen) atoms. The van der Waals surface area contributed by atoms with Gasteiger partial charge < -0.3 is 24.4 Å². The van der Waals surface area contributed by atoms with Crippen molar-refractivity contribution in [2.75, 3.05) is 0 Å². The minimum atomic E-state index is -5.31. The van der Waals surface area contributed by atoms with Gasteiger partial charge in [-0.1, -0.05) is 0 Å². The third-order valence-corrected chi connectivity index (χ3v) is 0.750. The van der Waals surface area contributed by atoms with E-state index in [4.69, 9.17) is 15.3 Å². The van der Waals surface area contributed by atoms with Crippen molar-refractivity contribution in [2.24, 2.45) is 0 Å². The summed E-state index contributed by atoms with van der Waals surface area (Å²) >= 11 is 0. The fraction of sp³-hybridized carbons (Fsp3) is 0. The van der Waals surface area contributed by atoms with Crippen molar-refractivity contribution in [3.05, 3.63) is 15.3 Å². The molecule has 0 fully saturated rings. The molecule has 0 aliphatic carbocycles. The Morgan fingerprint density at radius 1 is 0.765 bits per heavy atom. The first-order chi connectivity index (χ1) is 5.94. The Morgan fingerprint density at radius 3 is 0.941 bits per heavy atom. The van der Waals surface area contributed by atoms with E-state index < -0.39 is 25.9 Å². The molecular weight excluding hydrogens is 371 g/mol. The van der Waals surface area contributed by atoms with E-state index in [1.54, 1.807) is 0 Å². The summed E-state index contributed by atoms with van der Waals surface area (Å²) in [5.74, 6) is 0. The molecule has 0 saturated carbocycles. The molecule has 0 heterocycles. The van der Waals surface area contributed by atoms with Crippen LogP contribution in [0.3, 0.4) is 0 Å². The van der Waals surface area contributed by atoms with Crippen LogP contribution in [0.1, 0.15) is 0 Å². The zero-order valence-corrected chi connectivity index (χ0v) is 19.8. The van der Waals surface area contributed by atoms with Crippen LogP contribution >= 0.6 is 0 Å². The fourth-order valence-electron chi connectivity index (χ4n) is 0.0680. The van der Waals surface area contributed by atoms with Gasteiger partial charge in [0.2, 0.25) is 20.8 Å². The molecule has 0 aromatic heterocycles. The molecule has 0 amide bonds. The van der Waals surface area contributed by atoms with Crippen molar-refractivity contribution in [1.82, 2.24) is 0 Å². The van der Waals surface area contributed by atoms with E-state index in [1.807, 2.05) is 0 Å². The summed E-state index contributed by atoms with van der Waals surface area (Å²) in [7, 11) is -10.6. The first-order valence-corrected chi connectivity index (χ1v) is 4.71. The van der Waals surface area contributed by atoms with Gasteiger partial charge in [-0.05, 0) is 0 Å². The van der Waals surface area contributed by atoms with Crippen molar-refractivity contribution >= 4 is 20.8 Å². The molecule has 0 rings (SSSR count). The van der Waals surface area contributed by atoms with E-state index in [9.17, 15) is 25.9 Å². The molecule has 0 N–H and O–H groups in total. The van der Waals surface area contributed by atoms with Gasteiger partial charge in [-0.2, -0.15) is 0 Å².